The molecule has 3 heterocycles. The van der Waals surface area contributed by atoms with E-state index >= 15 is 0 Å². The van der Waals surface area contributed by atoms with Crippen molar-refractivity contribution in [1.82, 2.24) is 24.9 Å². The van der Waals surface area contributed by atoms with Crippen LogP contribution in [0.15, 0.2) is 59.1 Å². The smallest absolute Gasteiger partial charge is 0.270 e. The van der Waals surface area contributed by atoms with Crippen LogP contribution in [0.25, 0.3) is 22.3 Å². The Hall–Kier alpha value is -4.05. The van der Waals surface area contributed by atoms with E-state index in [2.05, 4.69) is 20.0 Å². The number of nitro benzene ring substituents is 1. The van der Waals surface area contributed by atoms with Gasteiger partial charge in [0.1, 0.15) is 5.69 Å². The van der Waals surface area contributed by atoms with Crippen LogP contribution in [0, 0.1) is 10.1 Å². The predicted molar refractivity (Wildman–Crippen MR) is 116 cm³/mol. The number of hydrogen-bond donors (Lipinski definition) is 1. The molecule has 4 aromatic rings. The second kappa shape index (κ2) is 8.23. The van der Waals surface area contributed by atoms with Gasteiger partial charge in [-0.1, -0.05) is 23.4 Å². The molecule has 32 heavy (non-hydrogen) atoms. The van der Waals surface area contributed by atoms with Crippen molar-refractivity contribution in [3.8, 4) is 11.4 Å². The Bertz CT molecular complexity index is 1240. The summed E-state index contributed by atoms with van der Waals surface area (Å²) < 4.78 is 5.35. The molecule has 0 radical (unpaired) electrons. The summed E-state index contributed by atoms with van der Waals surface area (Å²) in [6.45, 7) is 3.09. The third-order valence-electron chi connectivity index (χ3n) is 5.58. The van der Waals surface area contributed by atoms with E-state index in [0.29, 0.717) is 55.7 Å². The summed E-state index contributed by atoms with van der Waals surface area (Å²) in [5.41, 5.74) is 2.22. The van der Waals surface area contributed by atoms with E-state index in [0.717, 1.165) is 10.9 Å². The minimum Gasteiger partial charge on any atom is -0.351 e. The highest BCUT2D eigenvalue weighted by molar-refractivity contribution is 5.98. The Labute approximate surface area is 182 Å². The third-order valence-corrected chi connectivity index (χ3v) is 5.58. The zero-order valence-electron chi connectivity index (χ0n) is 17.1. The first-order valence-electron chi connectivity index (χ1n) is 10.2. The summed E-state index contributed by atoms with van der Waals surface area (Å²) >= 11 is 0. The maximum atomic E-state index is 12.9. The average Bonchev–Trinajstić information content (AvgIpc) is 3.46. The predicted octanol–water partition coefficient (Wildman–Crippen LogP) is 3.08. The lowest BCUT2D eigenvalue weighted by Crippen LogP contribution is -2.48. The van der Waals surface area contributed by atoms with Crippen molar-refractivity contribution in [3.63, 3.8) is 0 Å². The molecule has 0 saturated carbocycles. The van der Waals surface area contributed by atoms with Crippen LogP contribution in [-0.4, -0.2) is 61.9 Å². The second-order valence-corrected chi connectivity index (χ2v) is 7.65. The van der Waals surface area contributed by atoms with E-state index in [1.165, 1.54) is 12.1 Å². The summed E-state index contributed by atoms with van der Waals surface area (Å²) in [4.78, 5) is 34.8. The van der Waals surface area contributed by atoms with Gasteiger partial charge in [-0.2, -0.15) is 4.98 Å². The third kappa shape index (κ3) is 3.95. The minimum atomic E-state index is -0.450. The molecular weight excluding hydrogens is 412 g/mol. The molecule has 10 heteroatoms. The fraction of sp³-hybridized carbons (Fsp3) is 0.227. The number of carbonyl (C=O) groups excluding carboxylic acids is 1. The van der Waals surface area contributed by atoms with Crippen LogP contribution in [0.2, 0.25) is 0 Å². The Morgan fingerprint density at radius 3 is 2.56 bits per heavy atom. The Kier molecular flexibility index (Phi) is 5.12. The number of fused-ring (bicyclic) bond motifs is 1. The summed E-state index contributed by atoms with van der Waals surface area (Å²) in [6.07, 6.45) is 0. The summed E-state index contributed by atoms with van der Waals surface area (Å²) in [7, 11) is 0. The lowest BCUT2D eigenvalue weighted by molar-refractivity contribution is -0.384. The van der Waals surface area contributed by atoms with Crippen LogP contribution in [0.3, 0.4) is 0 Å². The molecule has 2 aromatic carbocycles. The molecule has 1 saturated heterocycles. The topological polar surface area (TPSA) is 121 Å². The van der Waals surface area contributed by atoms with Gasteiger partial charge in [-0.25, -0.2) is 0 Å². The molecule has 0 atom stereocenters. The molecule has 0 spiro atoms. The normalized spacial score (nSPS) is 14.7. The number of aromatic amines is 1. The first-order valence-corrected chi connectivity index (χ1v) is 10.2. The fourth-order valence-electron chi connectivity index (χ4n) is 3.83. The number of hydrogen-bond acceptors (Lipinski definition) is 7. The Morgan fingerprint density at radius 1 is 1.09 bits per heavy atom. The SMILES string of the molecule is O=C(c1cc2ccccc2[nH]1)N1CCN(Cc2nc(-c3ccc([N+](=O)[O-])cc3)no2)CC1. The van der Waals surface area contributed by atoms with Crippen LogP contribution in [0.5, 0.6) is 0 Å². The van der Waals surface area contributed by atoms with Crippen molar-refractivity contribution in [2.45, 2.75) is 6.54 Å². The van der Waals surface area contributed by atoms with E-state index in [1.54, 1.807) is 12.1 Å². The number of carbonyl (C=O) groups is 1. The Balaban J connectivity index is 1.18. The van der Waals surface area contributed by atoms with Gasteiger partial charge < -0.3 is 14.4 Å². The number of benzene rings is 2. The van der Waals surface area contributed by atoms with Crippen LogP contribution >= 0.6 is 0 Å². The van der Waals surface area contributed by atoms with Crippen LogP contribution in [-0.2, 0) is 6.54 Å². The van der Waals surface area contributed by atoms with E-state index < -0.39 is 4.92 Å². The number of para-hydroxylation sites is 1. The first kappa shape index (κ1) is 19.9. The van der Waals surface area contributed by atoms with Crippen molar-refractivity contribution in [2.75, 3.05) is 26.2 Å². The molecule has 0 aliphatic carbocycles. The van der Waals surface area contributed by atoms with Gasteiger partial charge in [0.05, 0.1) is 11.5 Å². The molecule has 1 aliphatic heterocycles. The molecule has 162 valence electrons. The molecule has 1 amide bonds. The number of nitro groups is 1. The maximum absolute atomic E-state index is 12.9. The zero-order chi connectivity index (χ0) is 22.1. The summed E-state index contributed by atoms with van der Waals surface area (Å²) in [6, 6.07) is 15.7. The lowest BCUT2D eigenvalue weighted by atomic mass is 10.2. The largest absolute Gasteiger partial charge is 0.351 e. The number of H-pyrrole nitrogens is 1. The van der Waals surface area contributed by atoms with Crippen molar-refractivity contribution >= 4 is 22.5 Å². The molecule has 10 nitrogen and oxygen atoms in total. The highest BCUT2D eigenvalue weighted by atomic mass is 16.6. The van der Waals surface area contributed by atoms with Gasteiger partial charge in [-0.3, -0.25) is 19.8 Å². The Morgan fingerprint density at radius 2 is 1.84 bits per heavy atom. The van der Waals surface area contributed by atoms with Crippen LogP contribution < -0.4 is 0 Å². The molecule has 2 aromatic heterocycles. The number of nitrogens with one attached hydrogen (secondary N) is 1. The first-order chi connectivity index (χ1) is 15.6. The maximum Gasteiger partial charge on any atom is 0.270 e. The quantitative estimate of drug-likeness (QED) is 0.380. The van der Waals surface area contributed by atoms with E-state index in [4.69, 9.17) is 4.52 Å². The van der Waals surface area contributed by atoms with Gasteiger partial charge in [-0.05, 0) is 24.3 Å². The van der Waals surface area contributed by atoms with Gasteiger partial charge in [0, 0.05) is 54.8 Å². The fourth-order valence-corrected chi connectivity index (χ4v) is 3.83. The monoisotopic (exact) mass is 432 g/mol. The standard InChI is InChI=1S/C22H20N6O4/c29-22(19-13-16-3-1-2-4-18(16)23-19)27-11-9-26(10-12-27)14-20-24-21(25-32-20)15-5-7-17(8-6-15)28(30)31/h1-8,13,23H,9-12,14H2. The molecule has 1 fully saturated rings. The average molecular weight is 432 g/mol. The molecular formula is C22H20N6O4. The van der Waals surface area contributed by atoms with Gasteiger partial charge in [-0.15, -0.1) is 0 Å². The number of non-ortho nitro benzene ring substituents is 1. The highest BCUT2D eigenvalue weighted by Crippen LogP contribution is 2.21. The van der Waals surface area contributed by atoms with E-state index in [1.807, 2.05) is 35.2 Å². The van der Waals surface area contributed by atoms with Gasteiger partial charge in [0.25, 0.3) is 11.6 Å². The van der Waals surface area contributed by atoms with Crippen molar-refractivity contribution in [2.24, 2.45) is 0 Å². The van der Waals surface area contributed by atoms with E-state index in [-0.39, 0.29) is 11.6 Å². The zero-order valence-corrected chi connectivity index (χ0v) is 17.1. The number of rotatable bonds is 5. The minimum absolute atomic E-state index is 0.000836. The molecule has 0 unspecified atom stereocenters. The lowest BCUT2D eigenvalue weighted by Gasteiger charge is -2.33. The second-order valence-electron chi connectivity index (χ2n) is 7.65. The summed E-state index contributed by atoms with van der Waals surface area (Å²) in [5.74, 6) is 0.857. The van der Waals surface area contributed by atoms with Crippen molar-refractivity contribution in [1.29, 1.82) is 0 Å². The van der Waals surface area contributed by atoms with Gasteiger partial charge in [0.15, 0.2) is 0 Å². The van der Waals surface area contributed by atoms with Crippen LogP contribution in [0.4, 0.5) is 5.69 Å². The highest BCUT2D eigenvalue weighted by Gasteiger charge is 2.24. The molecule has 0 bridgehead atoms. The van der Waals surface area contributed by atoms with Crippen molar-refractivity contribution in [3.05, 3.63) is 76.3 Å². The number of piperazine rings is 1. The summed E-state index contributed by atoms with van der Waals surface area (Å²) in [5, 5.41) is 15.8. The van der Waals surface area contributed by atoms with E-state index in [9.17, 15) is 14.9 Å². The van der Waals surface area contributed by atoms with Crippen molar-refractivity contribution < 1.29 is 14.2 Å². The van der Waals surface area contributed by atoms with Gasteiger partial charge in [0.2, 0.25) is 11.7 Å². The molecule has 5 rings (SSSR count). The number of nitrogens with zero attached hydrogens (tertiary/aromatic N) is 5. The number of amides is 1. The van der Waals surface area contributed by atoms with Gasteiger partial charge >= 0.3 is 0 Å². The number of aromatic nitrogens is 3. The molecule has 1 N–H and O–H groups in total. The molecule has 1 aliphatic rings. The van der Waals surface area contributed by atoms with Crippen LogP contribution in [0.1, 0.15) is 16.4 Å².